The number of carbonyl (C=O) groups is 2. The van der Waals surface area contributed by atoms with E-state index >= 15 is 0 Å². The van der Waals surface area contributed by atoms with Crippen LogP contribution in [0.2, 0.25) is 0 Å². The van der Waals surface area contributed by atoms with Crippen LogP contribution in [0.5, 0.6) is 0 Å². The molecule has 148 valence electrons. The molecule has 1 aromatic carbocycles. The Hall–Kier alpha value is -2.19. The third-order valence-corrected chi connectivity index (χ3v) is 8.20. The Labute approximate surface area is 168 Å². The van der Waals surface area contributed by atoms with Crippen LogP contribution in [0.3, 0.4) is 0 Å². The maximum Gasteiger partial charge on any atom is 0.256 e. The summed E-state index contributed by atoms with van der Waals surface area (Å²) >= 11 is 1.45. The molecule has 28 heavy (non-hydrogen) atoms. The minimum atomic E-state index is -3.07. The fourth-order valence-electron chi connectivity index (χ4n) is 3.86. The zero-order chi connectivity index (χ0) is 19.9. The largest absolute Gasteiger partial charge is 0.348 e. The third kappa shape index (κ3) is 3.84. The normalized spacial score (nSPS) is 20.0. The van der Waals surface area contributed by atoms with Crippen molar-refractivity contribution in [2.75, 3.05) is 16.8 Å². The van der Waals surface area contributed by atoms with Crippen LogP contribution in [-0.2, 0) is 22.7 Å². The number of rotatable bonds is 4. The van der Waals surface area contributed by atoms with Gasteiger partial charge in [-0.15, -0.1) is 11.3 Å². The number of thiophene rings is 1. The van der Waals surface area contributed by atoms with Gasteiger partial charge in [0, 0.05) is 16.5 Å². The van der Waals surface area contributed by atoms with Crippen LogP contribution < -0.4 is 10.6 Å². The number of nitrogens with one attached hydrogen (secondary N) is 2. The van der Waals surface area contributed by atoms with Crippen molar-refractivity contribution in [1.29, 1.82) is 0 Å². The van der Waals surface area contributed by atoms with Gasteiger partial charge in [-0.3, -0.25) is 9.59 Å². The molecule has 1 atom stereocenters. The molecule has 1 aromatic heterocycles. The van der Waals surface area contributed by atoms with Gasteiger partial charge in [0.05, 0.1) is 17.1 Å². The van der Waals surface area contributed by atoms with Gasteiger partial charge in [-0.1, -0.05) is 17.7 Å². The summed E-state index contributed by atoms with van der Waals surface area (Å²) in [6.07, 6.45) is 3.13. The summed E-state index contributed by atoms with van der Waals surface area (Å²) in [4.78, 5) is 26.8. The molecule has 0 unspecified atom stereocenters. The average Bonchev–Trinajstić information content (AvgIpc) is 3.29. The summed E-state index contributed by atoms with van der Waals surface area (Å²) in [6.45, 7) is 1.92. The number of hydrogen-bond donors (Lipinski definition) is 2. The highest BCUT2D eigenvalue weighted by Crippen LogP contribution is 2.39. The number of amides is 2. The Morgan fingerprint density at radius 1 is 1.18 bits per heavy atom. The molecular formula is C20H22N2O4S2. The van der Waals surface area contributed by atoms with Gasteiger partial charge in [0.1, 0.15) is 5.00 Å². The van der Waals surface area contributed by atoms with Gasteiger partial charge in [0.15, 0.2) is 9.84 Å². The van der Waals surface area contributed by atoms with Crippen LogP contribution in [0.4, 0.5) is 5.00 Å². The van der Waals surface area contributed by atoms with Crippen LogP contribution in [0, 0.1) is 6.92 Å². The lowest BCUT2D eigenvalue weighted by molar-refractivity contribution is 0.0941. The summed E-state index contributed by atoms with van der Waals surface area (Å²) in [5.74, 6) is -0.450. The van der Waals surface area contributed by atoms with Gasteiger partial charge in [-0.05, 0) is 50.3 Å². The Morgan fingerprint density at radius 3 is 2.71 bits per heavy atom. The molecule has 2 aliphatic rings. The highest BCUT2D eigenvalue weighted by molar-refractivity contribution is 7.91. The number of anilines is 1. The van der Waals surface area contributed by atoms with E-state index in [1.54, 1.807) is 12.1 Å². The monoisotopic (exact) mass is 418 g/mol. The van der Waals surface area contributed by atoms with E-state index in [0.717, 1.165) is 35.3 Å². The van der Waals surface area contributed by atoms with Crippen molar-refractivity contribution < 1.29 is 18.0 Å². The Balaban J connectivity index is 1.58. The molecule has 0 spiro atoms. The van der Waals surface area contributed by atoms with Gasteiger partial charge in [-0.25, -0.2) is 8.42 Å². The highest BCUT2D eigenvalue weighted by atomic mass is 32.2. The van der Waals surface area contributed by atoms with E-state index in [1.165, 1.54) is 11.3 Å². The van der Waals surface area contributed by atoms with Crippen molar-refractivity contribution in [3.63, 3.8) is 0 Å². The summed E-state index contributed by atoms with van der Waals surface area (Å²) in [7, 11) is -3.07. The average molecular weight is 419 g/mol. The Bertz CT molecular complexity index is 1060. The van der Waals surface area contributed by atoms with Gasteiger partial charge in [-0.2, -0.15) is 0 Å². The van der Waals surface area contributed by atoms with Crippen LogP contribution >= 0.6 is 11.3 Å². The van der Waals surface area contributed by atoms with Gasteiger partial charge in [0.2, 0.25) is 0 Å². The minimum Gasteiger partial charge on any atom is -0.348 e. The van der Waals surface area contributed by atoms with Gasteiger partial charge >= 0.3 is 0 Å². The molecule has 2 N–H and O–H groups in total. The van der Waals surface area contributed by atoms with E-state index in [9.17, 15) is 18.0 Å². The first-order valence-corrected chi connectivity index (χ1v) is 12.0. The van der Waals surface area contributed by atoms with Crippen LogP contribution in [0.1, 0.15) is 49.6 Å². The second kappa shape index (κ2) is 7.33. The lowest BCUT2D eigenvalue weighted by atomic mass is 10.1. The standard InChI is InChI=1S/C20H22N2O4S2/c1-12-4-2-5-13(10-12)18(23)22-20-17(15-6-3-7-16(15)27-20)19(24)21-14-8-9-28(25,26)11-14/h2,4-5,10,14H,3,6-9,11H2,1H3,(H,21,24)(H,22,23)/t14-/m1/s1. The van der Waals surface area contributed by atoms with Crippen molar-refractivity contribution in [2.45, 2.75) is 38.6 Å². The second-order valence-corrected chi connectivity index (χ2v) is 10.8. The number of fused-ring (bicyclic) bond motifs is 1. The molecule has 2 aromatic rings. The first-order valence-electron chi connectivity index (χ1n) is 9.36. The quantitative estimate of drug-likeness (QED) is 0.799. The van der Waals surface area contributed by atoms with Gasteiger partial charge < -0.3 is 10.6 Å². The number of hydrogen-bond acceptors (Lipinski definition) is 5. The number of benzene rings is 1. The molecule has 6 nitrogen and oxygen atoms in total. The van der Waals surface area contributed by atoms with E-state index in [1.807, 2.05) is 19.1 Å². The van der Waals surface area contributed by atoms with Crippen LogP contribution in [0.25, 0.3) is 0 Å². The predicted molar refractivity (Wildman–Crippen MR) is 110 cm³/mol. The lowest BCUT2D eigenvalue weighted by Crippen LogP contribution is -2.36. The Morgan fingerprint density at radius 2 is 2.00 bits per heavy atom. The maximum absolute atomic E-state index is 13.0. The molecule has 1 fully saturated rings. The fraction of sp³-hybridized carbons (Fsp3) is 0.400. The second-order valence-electron chi connectivity index (χ2n) is 7.46. The van der Waals surface area contributed by atoms with E-state index in [-0.39, 0.29) is 29.4 Å². The highest BCUT2D eigenvalue weighted by Gasteiger charge is 2.32. The number of aryl methyl sites for hydroxylation is 2. The summed E-state index contributed by atoms with van der Waals surface area (Å²) in [5.41, 5.74) is 3.02. The van der Waals surface area contributed by atoms with Crippen molar-refractivity contribution in [1.82, 2.24) is 5.32 Å². The smallest absolute Gasteiger partial charge is 0.256 e. The van der Waals surface area contributed by atoms with E-state index in [0.29, 0.717) is 22.5 Å². The van der Waals surface area contributed by atoms with Crippen LogP contribution in [0.15, 0.2) is 24.3 Å². The minimum absolute atomic E-state index is 0.0178. The Kier molecular flexibility index (Phi) is 5.01. The molecular weight excluding hydrogens is 396 g/mol. The molecule has 1 aliphatic heterocycles. The zero-order valence-corrected chi connectivity index (χ0v) is 17.2. The van der Waals surface area contributed by atoms with Crippen molar-refractivity contribution in [2.24, 2.45) is 0 Å². The molecule has 0 bridgehead atoms. The first kappa shape index (κ1) is 19.1. The van der Waals surface area contributed by atoms with Crippen LogP contribution in [-0.4, -0.2) is 37.8 Å². The number of sulfone groups is 1. The van der Waals surface area contributed by atoms with E-state index in [4.69, 9.17) is 0 Å². The van der Waals surface area contributed by atoms with Gasteiger partial charge in [0.25, 0.3) is 11.8 Å². The summed E-state index contributed by atoms with van der Waals surface area (Å²) in [5, 5.41) is 6.32. The molecule has 2 amide bonds. The first-order chi connectivity index (χ1) is 13.3. The van der Waals surface area contributed by atoms with Crippen molar-refractivity contribution in [3.05, 3.63) is 51.4 Å². The zero-order valence-electron chi connectivity index (χ0n) is 15.6. The number of carbonyl (C=O) groups excluding carboxylic acids is 2. The summed E-state index contributed by atoms with van der Waals surface area (Å²) < 4.78 is 23.4. The third-order valence-electron chi connectivity index (χ3n) is 5.22. The predicted octanol–water partition coefficient (Wildman–Crippen LogP) is 2.71. The maximum atomic E-state index is 13.0. The molecule has 1 saturated heterocycles. The van der Waals surface area contributed by atoms with E-state index < -0.39 is 9.84 Å². The molecule has 0 saturated carbocycles. The van der Waals surface area contributed by atoms with Crippen molar-refractivity contribution >= 4 is 38.0 Å². The molecule has 8 heteroatoms. The lowest BCUT2D eigenvalue weighted by Gasteiger charge is -2.13. The topological polar surface area (TPSA) is 92.3 Å². The van der Waals surface area contributed by atoms with E-state index in [2.05, 4.69) is 10.6 Å². The fourth-order valence-corrected chi connectivity index (χ4v) is 6.82. The molecule has 2 heterocycles. The molecule has 0 radical (unpaired) electrons. The SMILES string of the molecule is Cc1cccc(C(=O)Nc2sc3c(c2C(=O)N[C@@H]2CCS(=O)(=O)C2)CCC3)c1. The molecule has 4 rings (SSSR count). The summed E-state index contributed by atoms with van der Waals surface area (Å²) in [6, 6.07) is 6.93. The molecule has 1 aliphatic carbocycles. The van der Waals surface area contributed by atoms with Crippen molar-refractivity contribution in [3.8, 4) is 0 Å².